The van der Waals surface area contributed by atoms with E-state index >= 15 is 0 Å². The highest BCUT2D eigenvalue weighted by Gasteiger charge is 2.36. The number of rotatable bonds is 4. The van der Waals surface area contributed by atoms with E-state index in [-0.39, 0.29) is 6.04 Å². The molecule has 1 N–H and O–H groups in total. The third kappa shape index (κ3) is 3.11. The van der Waals surface area contributed by atoms with Crippen molar-refractivity contribution < 1.29 is 14.3 Å². The van der Waals surface area contributed by atoms with Gasteiger partial charge in [0.2, 0.25) is 0 Å². The van der Waals surface area contributed by atoms with Gasteiger partial charge in [0.1, 0.15) is 5.75 Å². The van der Waals surface area contributed by atoms with Gasteiger partial charge in [-0.15, -0.1) is 0 Å². The molecule has 5 nitrogen and oxygen atoms in total. The number of hydrogen-bond acceptors (Lipinski definition) is 4. The number of aromatic nitrogens is 1. The normalized spacial score (nSPS) is 18.9. The van der Waals surface area contributed by atoms with Gasteiger partial charge in [-0.1, -0.05) is 36.4 Å². The molecule has 0 spiro atoms. The van der Waals surface area contributed by atoms with Crippen molar-refractivity contribution in [3.05, 3.63) is 84.1 Å². The van der Waals surface area contributed by atoms with Crippen LogP contribution in [0.15, 0.2) is 72.9 Å². The Hall–Kier alpha value is -3.34. The van der Waals surface area contributed by atoms with Gasteiger partial charge in [-0.3, -0.25) is 4.98 Å². The summed E-state index contributed by atoms with van der Waals surface area (Å²) in [6.07, 6.45) is 0.921. The number of ether oxygens (including phenoxy) is 2. The number of hydrogen-bond donors (Lipinski definition) is 1. The SMILES string of the molecule is COc1cccc([C@H]2OC(=O)N[C@@H]2c2cccc(-c3ccccn3)c2)c1. The van der Waals surface area contributed by atoms with Crippen LogP contribution in [0.1, 0.15) is 23.3 Å². The lowest BCUT2D eigenvalue weighted by molar-refractivity contribution is 0.132. The van der Waals surface area contributed by atoms with Gasteiger partial charge in [-0.25, -0.2) is 4.79 Å². The van der Waals surface area contributed by atoms with Crippen LogP contribution in [0, 0.1) is 0 Å². The number of nitrogens with one attached hydrogen (secondary N) is 1. The first-order chi connectivity index (χ1) is 12.7. The van der Waals surface area contributed by atoms with Gasteiger partial charge in [0.25, 0.3) is 0 Å². The standard InChI is InChI=1S/C21H18N2O3/c1-25-17-9-5-8-16(13-17)20-19(23-21(24)26-20)15-7-4-6-14(12-15)18-10-2-3-11-22-18/h2-13,19-20H,1H3,(H,23,24)/t19-,20-/m1/s1. The molecule has 2 atom stereocenters. The van der Waals surface area contributed by atoms with E-state index in [2.05, 4.69) is 10.3 Å². The van der Waals surface area contributed by atoms with Crippen LogP contribution in [0.5, 0.6) is 5.75 Å². The third-order valence-corrected chi connectivity index (χ3v) is 4.44. The van der Waals surface area contributed by atoms with Crippen LogP contribution in [0.2, 0.25) is 0 Å². The Morgan fingerprint density at radius 3 is 2.65 bits per heavy atom. The molecule has 2 heterocycles. The molecule has 2 aromatic carbocycles. The second-order valence-corrected chi connectivity index (χ2v) is 6.06. The summed E-state index contributed by atoms with van der Waals surface area (Å²) in [5, 5.41) is 2.91. The molecule has 26 heavy (non-hydrogen) atoms. The summed E-state index contributed by atoms with van der Waals surface area (Å²) in [4.78, 5) is 16.3. The van der Waals surface area contributed by atoms with Gasteiger partial charge in [0.05, 0.1) is 18.8 Å². The number of benzene rings is 2. The molecule has 1 amide bonds. The number of pyridine rings is 1. The van der Waals surface area contributed by atoms with E-state index in [9.17, 15) is 4.79 Å². The fourth-order valence-corrected chi connectivity index (χ4v) is 3.18. The average Bonchev–Trinajstić information content (AvgIpc) is 3.11. The Labute approximate surface area is 151 Å². The Bertz CT molecular complexity index is 927. The molecule has 1 aliphatic rings. The summed E-state index contributed by atoms with van der Waals surface area (Å²) in [6.45, 7) is 0. The molecule has 0 aliphatic carbocycles. The highest BCUT2D eigenvalue weighted by atomic mass is 16.6. The van der Waals surface area contributed by atoms with Crippen LogP contribution < -0.4 is 10.1 Å². The molecule has 5 heteroatoms. The van der Waals surface area contributed by atoms with E-state index in [4.69, 9.17) is 9.47 Å². The summed E-state index contributed by atoms with van der Waals surface area (Å²) in [7, 11) is 1.62. The molecular weight excluding hydrogens is 328 g/mol. The van der Waals surface area contributed by atoms with Gasteiger partial charge in [0.15, 0.2) is 6.10 Å². The van der Waals surface area contributed by atoms with Gasteiger partial charge >= 0.3 is 6.09 Å². The van der Waals surface area contributed by atoms with E-state index in [1.807, 2.05) is 66.7 Å². The zero-order valence-electron chi connectivity index (χ0n) is 14.3. The van der Waals surface area contributed by atoms with Crippen LogP contribution >= 0.6 is 0 Å². The smallest absolute Gasteiger partial charge is 0.408 e. The second-order valence-electron chi connectivity index (χ2n) is 6.06. The first kappa shape index (κ1) is 16.1. The minimum atomic E-state index is -0.425. The van der Waals surface area contributed by atoms with Crippen molar-refractivity contribution in [1.29, 1.82) is 0 Å². The summed E-state index contributed by atoms with van der Waals surface area (Å²) < 4.78 is 10.8. The molecule has 1 fully saturated rings. The first-order valence-electron chi connectivity index (χ1n) is 8.37. The molecule has 0 unspecified atom stereocenters. The van der Waals surface area contributed by atoms with E-state index in [0.29, 0.717) is 0 Å². The topological polar surface area (TPSA) is 60.5 Å². The molecule has 0 radical (unpaired) electrons. The largest absolute Gasteiger partial charge is 0.497 e. The van der Waals surface area contributed by atoms with Crippen molar-refractivity contribution in [2.75, 3.05) is 7.11 Å². The van der Waals surface area contributed by atoms with Gasteiger partial charge < -0.3 is 14.8 Å². The number of alkyl carbamates (subject to hydrolysis) is 1. The summed E-state index contributed by atoms with van der Waals surface area (Å²) in [5.41, 5.74) is 3.73. The highest BCUT2D eigenvalue weighted by Crippen LogP contribution is 2.38. The summed E-state index contributed by atoms with van der Waals surface area (Å²) >= 11 is 0. The zero-order chi connectivity index (χ0) is 17.9. The Kier molecular flexibility index (Phi) is 4.27. The molecule has 4 rings (SSSR count). The highest BCUT2D eigenvalue weighted by molar-refractivity contribution is 5.71. The molecule has 1 saturated heterocycles. The van der Waals surface area contributed by atoms with Crippen LogP contribution in [0.4, 0.5) is 4.79 Å². The number of carbonyl (C=O) groups excluding carboxylic acids is 1. The van der Waals surface area contributed by atoms with Crippen molar-refractivity contribution in [2.45, 2.75) is 12.1 Å². The van der Waals surface area contributed by atoms with E-state index in [0.717, 1.165) is 28.1 Å². The number of nitrogens with zero attached hydrogens (tertiary/aromatic N) is 1. The first-order valence-corrected chi connectivity index (χ1v) is 8.37. The number of methoxy groups -OCH3 is 1. The van der Waals surface area contributed by atoms with Gasteiger partial charge in [-0.05, 0) is 41.5 Å². The van der Waals surface area contributed by atoms with E-state index < -0.39 is 12.2 Å². The van der Waals surface area contributed by atoms with Crippen LogP contribution in [-0.2, 0) is 4.74 Å². The van der Waals surface area contributed by atoms with Crippen molar-refractivity contribution in [3.8, 4) is 17.0 Å². The van der Waals surface area contributed by atoms with Crippen molar-refractivity contribution in [2.24, 2.45) is 0 Å². The summed E-state index contributed by atoms with van der Waals surface area (Å²) in [6, 6.07) is 21.1. The van der Waals surface area contributed by atoms with Crippen molar-refractivity contribution >= 4 is 6.09 Å². The Morgan fingerprint density at radius 1 is 1.00 bits per heavy atom. The number of amides is 1. The fourth-order valence-electron chi connectivity index (χ4n) is 3.18. The van der Waals surface area contributed by atoms with Crippen LogP contribution in [-0.4, -0.2) is 18.2 Å². The quantitative estimate of drug-likeness (QED) is 0.766. The number of carbonyl (C=O) groups is 1. The van der Waals surface area contributed by atoms with Gasteiger partial charge in [-0.2, -0.15) is 0 Å². The van der Waals surface area contributed by atoms with E-state index in [1.54, 1.807) is 13.3 Å². The molecule has 0 saturated carbocycles. The van der Waals surface area contributed by atoms with E-state index in [1.165, 1.54) is 0 Å². The molecule has 1 aliphatic heterocycles. The van der Waals surface area contributed by atoms with Crippen LogP contribution in [0.25, 0.3) is 11.3 Å². The predicted octanol–water partition coefficient (Wildman–Crippen LogP) is 4.28. The second kappa shape index (κ2) is 6.88. The van der Waals surface area contributed by atoms with Crippen molar-refractivity contribution in [1.82, 2.24) is 10.3 Å². The maximum Gasteiger partial charge on any atom is 0.408 e. The molecule has 0 bridgehead atoms. The van der Waals surface area contributed by atoms with Crippen molar-refractivity contribution in [3.63, 3.8) is 0 Å². The third-order valence-electron chi connectivity index (χ3n) is 4.44. The lowest BCUT2D eigenvalue weighted by Gasteiger charge is -2.19. The predicted molar refractivity (Wildman–Crippen MR) is 97.8 cm³/mol. The van der Waals surface area contributed by atoms with Crippen LogP contribution in [0.3, 0.4) is 0 Å². The molecule has 130 valence electrons. The monoisotopic (exact) mass is 346 g/mol. The molecule has 1 aromatic heterocycles. The zero-order valence-corrected chi connectivity index (χ0v) is 14.3. The summed E-state index contributed by atoms with van der Waals surface area (Å²) in [5.74, 6) is 0.728. The molecule has 3 aromatic rings. The number of cyclic esters (lactones) is 1. The lowest BCUT2D eigenvalue weighted by atomic mass is 9.94. The Balaban J connectivity index is 1.70. The lowest BCUT2D eigenvalue weighted by Crippen LogP contribution is -2.19. The maximum atomic E-state index is 11.9. The maximum absolute atomic E-state index is 11.9. The Morgan fingerprint density at radius 2 is 1.85 bits per heavy atom. The minimum Gasteiger partial charge on any atom is -0.497 e. The minimum absolute atomic E-state index is 0.279. The van der Waals surface area contributed by atoms with Gasteiger partial charge in [0, 0.05) is 11.8 Å². The fraction of sp³-hybridized carbons (Fsp3) is 0.143. The average molecular weight is 346 g/mol. The molecular formula is C21H18N2O3.